The van der Waals surface area contributed by atoms with E-state index in [1.807, 2.05) is 17.5 Å². The summed E-state index contributed by atoms with van der Waals surface area (Å²) in [6.07, 6.45) is 0.483. The van der Waals surface area contributed by atoms with Gasteiger partial charge in [0.25, 0.3) is 11.8 Å². The Labute approximate surface area is 165 Å². The zero-order valence-corrected chi connectivity index (χ0v) is 15.8. The van der Waals surface area contributed by atoms with Crippen molar-refractivity contribution in [3.8, 4) is 0 Å². The quantitative estimate of drug-likeness (QED) is 0.594. The second kappa shape index (κ2) is 9.01. The van der Waals surface area contributed by atoms with Gasteiger partial charge in [-0.1, -0.05) is 6.07 Å². The topological polar surface area (TPSA) is 97.6 Å². The third kappa shape index (κ3) is 5.08. The standard InChI is InChI=1S/C20H18N2O5S/c1-13(18(23)21-12-16-4-3-11-28-16)27-20(25)14-6-8-15(9-7-14)22-19(24)17-5-2-10-26-17/h2-11,13H,12H2,1H3,(H,21,23)(H,22,24)/t13-/m1/s1. The number of esters is 1. The molecule has 1 aromatic carbocycles. The molecule has 0 aliphatic heterocycles. The number of furan rings is 1. The van der Waals surface area contributed by atoms with Gasteiger partial charge >= 0.3 is 5.97 Å². The Morgan fingerprint density at radius 3 is 2.54 bits per heavy atom. The van der Waals surface area contributed by atoms with Gasteiger partial charge < -0.3 is 19.8 Å². The summed E-state index contributed by atoms with van der Waals surface area (Å²) >= 11 is 1.53. The highest BCUT2D eigenvalue weighted by molar-refractivity contribution is 7.09. The molecule has 3 rings (SSSR count). The molecule has 2 N–H and O–H groups in total. The Morgan fingerprint density at radius 1 is 1.11 bits per heavy atom. The molecule has 1 atom stereocenters. The maximum atomic E-state index is 12.2. The van der Waals surface area contributed by atoms with E-state index < -0.39 is 18.0 Å². The fraction of sp³-hybridized carbons (Fsp3) is 0.150. The minimum Gasteiger partial charge on any atom is -0.459 e. The van der Waals surface area contributed by atoms with E-state index in [4.69, 9.17) is 9.15 Å². The largest absolute Gasteiger partial charge is 0.459 e. The number of carbonyl (C=O) groups is 3. The lowest BCUT2D eigenvalue weighted by atomic mass is 10.2. The normalized spacial score (nSPS) is 11.5. The van der Waals surface area contributed by atoms with E-state index in [2.05, 4.69) is 10.6 Å². The molecule has 0 saturated carbocycles. The second-order valence-electron chi connectivity index (χ2n) is 5.85. The van der Waals surface area contributed by atoms with Crippen molar-refractivity contribution in [1.82, 2.24) is 5.32 Å². The molecule has 0 unspecified atom stereocenters. The van der Waals surface area contributed by atoms with Gasteiger partial charge in [0.2, 0.25) is 0 Å². The Kier molecular flexibility index (Phi) is 6.23. The lowest BCUT2D eigenvalue weighted by molar-refractivity contribution is -0.129. The summed E-state index contributed by atoms with van der Waals surface area (Å²) < 4.78 is 10.2. The van der Waals surface area contributed by atoms with Crippen LogP contribution in [0.5, 0.6) is 0 Å². The molecule has 8 heteroatoms. The third-order valence-corrected chi connectivity index (χ3v) is 4.67. The molecule has 0 aliphatic carbocycles. The first-order chi connectivity index (χ1) is 13.5. The van der Waals surface area contributed by atoms with Crippen molar-refractivity contribution in [2.45, 2.75) is 19.6 Å². The number of thiophene rings is 1. The van der Waals surface area contributed by atoms with Crippen LogP contribution in [0.25, 0.3) is 0 Å². The molecule has 2 heterocycles. The SMILES string of the molecule is C[C@@H](OC(=O)c1ccc(NC(=O)c2ccco2)cc1)C(=O)NCc1cccs1. The number of benzene rings is 1. The van der Waals surface area contributed by atoms with Gasteiger partial charge in [0.15, 0.2) is 11.9 Å². The lowest BCUT2D eigenvalue weighted by Crippen LogP contribution is -2.35. The van der Waals surface area contributed by atoms with Crippen molar-refractivity contribution >= 4 is 34.8 Å². The van der Waals surface area contributed by atoms with Crippen molar-refractivity contribution < 1.29 is 23.5 Å². The van der Waals surface area contributed by atoms with E-state index in [0.717, 1.165) is 4.88 Å². The number of carbonyl (C=O) groups excluding carboxylic acids is 3. The van der Waals surface area contributed by atoms with Crippen LogP contribution < -0.4 is 10.6 Å². The molecule has 0 fully saturated rings. The molecule has 0 aliphatic rings. The zero-order valence-electron chi connectivity index (χ0n) is 15.0. The molecule has 0 saturated heterocycles. The molecule has 0 spiro atoms. The lowest BCUT2D eigenvalue weighted by Gasteiger charge is -2.13. The van der Waals surface area contributed by atoms with Gasteiger partial charge in [-0.3, -0.25) is 9.59 Å². The predicted molar refractivity (Wildman–Crippen MR) is 104 cm³/mol. The molecule has 2 amide bonds. The van der Waals surface area contributed by atoms with E-state index in [0.29, 0.717) is 12.2 Å². The van der Waals surface area contributed by atoms with E-state index in [1.165, 1.54) is 36.7 Å². The molecule has 0 radical (unpaired) electrons. The Balaban J connectivity index is 1.50. The van der Waals surface area contributed by atoms with Crippen molar-refractivity contribution in [2.24, 2.45) is 0 Å². The average molecular weight is 398 g/mol. The zero-order chi connectivity index (χ0) is 19.9. The van der Waals surface area contributed by atoms with E-state index in [-0.39, 0.29) is 17.2 Å². The Bertz CT molecular complexity index is 934. The molecular formula is C20H18N2O5S. The average Bonchev–Trinajstić information content (AvgIpc) is 3.40. The summed E-state index contributed by atoms with van der Waals surface area (Å²) in [5.74, 6) is -1.20. The summed E-state index contributed by atoms with van der Waals surface area (Å²) in [5.41, 5.74) is 0.772. The van der Waals surface area contributed by atoms with Crippen LogP contribution in [0.1, 0.15) is 32.7 Å². The number of amides is 2. The number of rotatable bonds is 7. The summed E-state index contributed by atoms with van der Waals surface area (Å²) in [7, 11) is 0. The van der Waals surface area contributed by atoms with Crippen LogP contribution in [0.15, 0.2) is 64.6 Å². The first kappa shape index (κ1) is 19.4. The summed E-state index contributed by atoms with van der Waals surface area (Å²) in [6, 6.07) is 13.1. The van der Waals surface area contributed by atoms with Gasteiger partial charge in [0.05, 0.1) is 18.4 Å². The van der Waals surface area contributed by atoms with Crippen molar-refractivity contribution in [3.63, 3.8) is 0 Å². The van der Waals surface area contributed by atoms with Crippen LogP contribution in [0.2, 0.25) is 0 Å². The van der Waals surface area contributed by atoms with Gasteiger partial charge in [-0.2, -0.15) is 0 Å². The summed E-state index contributed by atoms with van der Waals surface area (Å²) in [5, 5.41) is 7.30. The molecular weight excluding hydrogens is 380 g/mol. The van der Waals surface area contributed by atoms with Crippen LogP contribution in [0.4, 0.5) is 5.69 Å². The molecule has 28 heavy (non-hydrogen) atoms. The maximum Gasteiger partial charge on any atom is 0.338 e. The number of hydrogen-bond acceptors (Lipinski definition) is 6. The highest BCUT2D eigenvalue weighted by atomic mass is 32.1. The van der Waals surface area contributed by atoms with Crippen molar-refractivity contribution in [1.29, 1.82) is 0 Å². The summed E-state index contributed by atoms with van der Waals surface area (Å²) in [6.45, 7) is 1.90. The molecule has 144 valence electrons. The van der Waals surface area contributed by atoms with Crippen LogP contribution in [-0.2, 0) is 16.1 Å². The third-order valence-electron chi connectivity index (χ3n) is 3.79. The van der Waals surface area contributed by atoms with Crippen molar-refractivity contribution in [2.75, 3.05) is 5.32 Å². The van der Waals surface area contributed by atoms with Crippen molar-refractivity contribution in [3.05, 3.63) is 76.4 Å². The fourth-order valence-corrected chi connectivity index (χ4v) is 2.95. The fourth-order valence-electron chi connectivity index (χ4n) is 2.30. The number of hydrogen-bond donors (Lipinski definition) is 2. The van der Waals surface area contributed by atoms with Gasteiger partial charge in [-0.15, -0.1) is 11.3 Å². The summed E-state index contributed by atoms with van der Waals surface area (Å²) in [4.78, 5) is 37.2. The Morgan fingerprint density at radius 2 is 1.89 bits per heavy atom. The van der Waals surface area contributed by atoms with Gasteiger partial charge in [-0.05, 0) is 54.8 Å². The van der Waals surface area contributed by atoms with Gasteiger partial charge in [-0.25, -0.2) is 4.79 Å². The monoisotopic (exact) mass is 398 g/mol. The van der Waals surface area contributed by atoms with Gasteiger partial charge in [0, 0.05) is 10.6 Å². The van der Waals surface area contributed by atoms with Crippen LogP contribution >= 0.6 is 11.3 Å². The molecule has 0 bridgehead atoms. The molecule has 2 aromatic heterocycles. The van der Waals surface area contributed by atoms with Crippen LogP contribution in [-0.4, -0.2) is 23.9 Å². The highest BCUT2D eigenvalue weighted by Crippen LogP contribution is 2.13. The molecule has 3 aromatic rings. The van der Waals surface area contributed by atoms with E-state index in [9.17, 15) is 14.4 Å². The predicted octanol–water partition coefficient (Wildman–Crippen LogP) is 3.46. The van der Waals surface area contributed by atoms with Crippen LogP contribution in [0.3, 0.4) is 0 Å². The maximum absolute atomic E-state index is 12.2. The highest BCUT2D eigenvalue weighted by Gasteiger charge is 2.19. The minimum atomic E-state index is -0.925. The van der Waals surface area contributed by atoms with Crippen LogP contribution in [0, 0.1) is 0 Å². The first-order valence-corrected chi connectivity index (χ1v) is 9.37. The second-order valence-corrected chi connectivity index (χ2v) is 6.89. The number of ether oxygens (including phenoxy) is 1. The van der Waals surface area contributed by atoms with E-state index >= 15 is 0 Å². The van der Waals surface area contributed by atoms with Gasteiger partial charge in [0.1, 0.15) is 0 Å². The minimum absolute atomic E-state index is 0.186. The first-order valence-electron chi connectivity index (χ1n) is 8.49. The Hall–Kier alpha value is -3.39. The molecule has 7 nitrogen and oxygen atoms in total. The number of anilines is 1. The number of nitrogens with one attached hydrogen (secondary N) is 2. The smallest absolute Gasteiger partial charge is 0.338 e. The van der Waals surface area contributed by atoms with E-state index in [1.54, 1.807) is 24.3 Å².